The van der Waals surface area contributed by atoms with Gasteiger partial charge in [-0.2, -0.15) is 13.2 Å². The number of nitro groups is 1. The van der Waals surface area contributed by atoms with Gasteiger partial charge in [0.2, 0.25) is 5.78 Å². The van der Waals surface area contributed by atoms with Gasteiger partial charge < -0.3 is 5.73 Å². The standard InChI is InChI=1S/C19H14F3N3O3S/c20-19(21,22)17-12-4-2-1-3-11(12)13-14(23)16(29-18(13)24-17)15(26)9-5-7-10(8-6-9)25(27)28/h5-8H,1-4,23H2. The summed E-state index contributed by atoms with van der Waals surface area (Å²) < 4.78 is 40.6. The van der Waals surface area contributed by atoms with E-state index in [1.807, 2.05) is 0 Å². The Morgan fingerprint density at radius 1 is 1.14 bits per heavy atom. The van der Waals surface area contributed by atoms with Crippen LogP contribution < -0.4 is 5.73 Å². The van der Waals surface area contributed by atoms with Crippen molar-refractivity contribution in [2.45, 2.75) is 31.9 Å². The Bertz CT molecular complexity index is 1150. The van der Waals surface area contributed by atoms with Gasteiger partial charge in [-0.25, -0.2) is 4.98 Å². The Kier molecular flexibility index (Phi) is 4.53. The normalized spacial score (nSPS) is 14.0. The second kappa shape index (κ2) is 6.80. The summed E-state index contributed by atoms with van der Waals surface area (Å²) in [5.74, 6) is -0.501. The van der Waals surface area contributed by atoms with E-state index < -0.39 is 22.6 Å². The fourth-order valence-electron chi connectivity index (χ4n) is 3.68. The number of nitro benzene ring substituents is 1. The predicted octanol–water partition coefficient (Wildman–Crippen LogP) is 4.92. The molecule has 6 nitrogen and oxygen atoms in total. The van der Waals surface area contributed by atoms with Crippen LogP contribution in [-0.4, -0.2) is 15.7 Å². The van der Waals surface area contributed by atoms with E-state index in [2.05, 4.69) is 4.98 Å². The topological polar surface area (TPSA) is 99.1 Å². The molecule has 0 bridgehead atoms. The highest BCUT2D eigenvalue weighted by Gasteiger charge is 2.38. The van der Waals surface area contributed by atoms with Gasteiger partial charge in [-0.15, -0.1) is 11.3 Å². The monoisotopic (exact) mass is 421 g/mol. The SMILES string of the molecule is Nc1c(C(=O)c2ccc([N+](=O)[O-])cc2)sc2nc(C(F)(F)F)c3c(c12)CCCC3. The fraction of sp³-hybridized carbons (Fsp3) is 0.263. The number of aromatic nitrogens is 1. The van der Waals surface area contributed by atoms with E-state index in [1.165, 1.54) is 24.3 Å². The number of ketones is 1. The van der Waals surface area contributed by atoms with Crippen molar-refractivity contribution in [3.8, 4) is 0 Å². The molecule has 0 saturated carbocycles. The Morgan fingerprint density at radius 2 is 1.76 bits per heavy atom. The summed E-state index contributed by atoms with van der Waals surface area (Å²) in [7, 11) is 0. The number of hydrogen-bond acceptors (Lipinski definition) is 6. The van der Waals surface area contributed by atoms with Gasteiger partial charge in [-0.1, -0.05) is 0 Å². The van der Waals surface area contributed by atoms with Crippen LogP contribution in [0.1, 0.15) is 44.9 Å². The Morgan fingerprint density at radius 3 is 2.34 bits per heavy atom. The minimum atomic E-state index is -4.59. The molecular formula is C19H14F3N3O3S. The van der Waals surface area contributed by atoms with Crippen molar-refractivity contribution < 1.29 is 22.9 Å². The lowest BCUT2D eigenvalue weighted by atomic mass is 9.88. The minimum absolute atomic E-state index is 0.0840. The lowest BCUT2D eigenvalue weighted by molar-refractivity contribution is -0.384. The van der Waals surface area contributed by atoms with Gasteiger partial charge in [-0.3, -0.25) is 14.9 Å². The van der Waals surface area contributed by atoms with E-state index in [0.29, 0.717) is 23.8 Å². The van der Waals surface area contributed by atoms with Crippen LogP contribution in [0.5, 0.6) is 0 Å². The predicted molar refractivity (Wildman–Crippen MR) is 102 cm³/mol. The molecule has 0 amide bonds. The molecular weight excluding hydrogens is 407 g/mol. The second-order valence-electron chi connectivity index (χ2n) is 6.78. The fourth-order valence-corrected chi connectivity index (χ4v) is 4.77. The number of nitrogens with two attached hydrogens (primary N) is 1. The molecule has 1 aliphatic carbocycles. The summed E-state index contributed by atoms with van der Waals surface area (Å²) in [6.45, 7) is 0. The molecule has 0 spiro atoms. The molecule has 0 unspecified atom stereocenters. The molecule has 2 aromatic heterocycles. The molecule has 3 aromatic rings. The number of pyridine rings is 1. The van der Waals surface area contributed by atoms with Gasteiger partial charge in [0, 0.05) is 23.1 Å². The van der Waals surface area contributed by atoms with Gasteiger partial charge in [-0.05, 0) is 48.9 Å². The van der Waals surface area contributed by atoms with E-state index in [1.54, 1.807) is 0 Å². The summed E-state index contributed by atoms with van der Waals surface area (Å²) in [6, 6.07) is 4.99. The number of anilines is 1. The van der Waals surface area contributed by atoms with Crippen LogP contribution >= 0.6 is 11.3 Å². The van der Waals surface area contributed by atoms with Gasteiger partial charge in [0.25, 0.3) is 5.69 Å². The number of alkyl halides is 3. The average molecular weight is 421 g/mol. The lowest BCUT2D eigenvalue weighted by Crippen LogP contribution is -2.17. The number of carbonyl (C=O) groups is 1. The minimum Gasteiger partial charge on any atom is -0.397 e. The summed E-state index contributed by atoms with van der Waals surface area (Å²) in [4.78, 5) is 27.1. The number of carbonyl (C=O) groups excluding carboxylic acids is 1. The number of thiophene rings is 1. The number of nitrogens with zero attached hydrogens (tertiary/aromatic N) is 2. The number of nitrogen functional groups attached to an aromatic ring is 1. The van der Waals surface area contributed by atoms with Gasteiger partial charge in [0.1, 0.15) is 15.4 Å². The van der Waals surface area contributed by atoms with Crippen molar-refractivity contribution >= 4 is 38.7 Å². The number of fused-ring (bicyclic) bond motifs is 3. The van der Waals surface area contributed by atoms with Crippen molar-refractivity contribution in [1.29, 1.82) is 0 Å². The molecule has 2 N–H and O–H groups in total. The van der Waals surface area contributed by atoms with Gasteiger partial charge >= 0.3 is 6.18 Å². The molecule has 1 aliphatic rings. The summed E-state index contributed by atoms with van der Waals surface area (Å²) in [6.07, 6.45) is -2.49. The maximum atomic E-state index is 13.5. The number of rotatable bonds is 3. The van der Waals surface area contributed by atoms with E-state index in [0.717, 1.165) is 17.8 Å². The molecule has 0 aliphatic heterocycles. The number of hydrogen-bond donors (Lipinski definition) is 1. The van der Waals surface area contributed by atoms with E-state index in [4.69, 9.17) is 5.73 Å². The largest absolute Gasteiger partial charge is 0.433 e. The molecule has 4 rings (SSSR count). The third-order valence-corrected chi connectivity index (χ3v) is 6.11. The molecule has 150 valence electrons. The zero-order valence-corrected chi connectivity index (χ0v) is 15.7. The molecule has 0 fully saturated rings. The van der Waals surface area contributed by atoms with Crippen LogP contribution in [0.25, 0.3) is 10.2 Å². The van der Waals surface area contributed by atoms with Gasteiger partial charge in [0.05, 0.1) is 10.6 Å². The van der Waals surface area contributed by atoms with E-state index in [-0.39, 0.29) is 38.6 Å². The summed E-state index contributed by atoms with van der Waals surface area (Å²) in [5, 5.41) is 11.2. The zero-order chi connectivity index (χ0) is 20.9. The smallest absolute Gasteiger partial charge is 0.397 e. The molecule has 0 radical (unpaired) electrons. The molecule has 2 heterocycles. The summed E-state index contributed by atoms with van der Waals surface area (Å²) >= 11 is 0.821. The van der Waals surface area contributed by atoms with Crippen LogP contribution in [0.3, 0.4) is 0 Å². The highest BCUT2D eigenvalue weighted by Crippen LogP contribution is 2.44. The highest BCUT2D eigenvalue weighted by atomic mass is 32.1. The van der Waals surface area contributed by atoms with Crippen molar-refractivity contribution in [3.05, 3.63) is 61.6 Å². The number of non-ortho nitro benzene ring substituents is 1. The number of benzene rings is 1. The Labute approximate surface area is 166 Å². The molecule has 1 aromatic carbocycles. The molecule has 29 heavy (non-hydrogen) atoms. The summed E-state index contributed by atoms with van der Waals surface area (Å²) in [5.41, 5.74) is 6.09. The first kappa shape index (κ1) is 19.3. The zero-order valence-electron chi connectivity index (χ0n) is 14.9. The van der Waals surface area contributed by atoms with Crippen molar-refractivity contribution in [2.75, 3.05) is 5.73 Å². The van der Waals surface area contributed by atoms with Crippen molar-refractivity contribution in [3.63, 3.8) is 0 Å². The van der Waals surface area contributed by atoms with Crippen LogP contribution in [0, 0.1) is 10.1 Å². The van der Waals surface area contributed by atoms with Crippen LogP contribution in [0.15, 0.2) is 24.3 Å². The number of aryl methyl sites for hydroxylation is 1. The third kappa shape index (κ3) is 3.23. The van der Waals surface area contributed by atoms with Gasteiger partial charge in [0.15, 0.2) is 0 Å². The van der Waals surface area contributed by atoms with Crippen LogP contribution in [0.4, 0.5) is 24.5 Å². The first-order chi connectivity index (χ1) is 13.7. The van der Waals surface area contributed by atoms with E-state index >= 15 is 0 Å². The molecule has 0 atom stereocenters. The maximum Gasteiger partial charge on any atom is 0.433 e. The third-order valence-electron chi connectivity index (χ3n) is 5.01. The first-order valence-electron chi connectivity index (χ1n) is 8.78. The van der Waals surface area contributed by atoms with Crippen molar-refractivity contribution in [1.82, 2.24) is 4.98 Å². The quantitative estimate of drug-likeness (QED) is 0.368. The molecule has 0 saturated heterocycles. The Hall–Kier alpha value is -3.01. The van der Waals surface area contributed by atoms with Crippen LogP contribution in [-0.2, 0) is 19.0 Å². The first-order valence-corrected chi connectivity index (χ1v) is 9.60. The van der Waals surface area contributed by atoms with Crippen molar-refractivity contribution in [2.24, 2.45) is 0 Å². The Balaban J connectivity index is 1.87. The lowest BCUT2D eigenvalue weighted by Gasteiger charge is -2.21. The highest BCUT2D eigenvalue weighted by molar-refractivity contribution is 7.21. The second-order valence-corrected chi connectivity index (χ2v) is 7.78. The maximum absolute atomic E-state index is 13.5. The number of halogens is 3. The van der Waals surface area contributed by atoms with E-state index in [9.17, 15) is 28.1 Å². The average Bonchev–Trinajstić information content (AvgIpc) is 3.03. The molecule has 10 heteroatoms. The van der Waals surface area contributed by atoms with Crippen LogP contribution in [0.2, 0.25) is 0 Å².